The van der Waals surface area contributed by atoms with Gasteiger partial charge in [-0.25, -0.2) is 13.2 Å². The number of aliphatic carboxylic acids is 1. The van der Waals surface area contributed by atoms with Crippen LogP contribution in [-0.4, -0.2) is 55.5 Å². The number of sulfone groups is 1. The lowest BCUT2D eigenvalue weighted by Crippen LogP contribution is -2.50. The van der Waals surface area contributed by atoms with Crippen LogP contribution in [0.3, 0.4) is 0 Å². The molecule has 1 heterocycles. The van der Waals surface area contributed by atoms with Gasteiger partial charge < -0.3 is 15.7 Å². The summed E-state index contributed by atoms with van der Waals surface area (Å²) in [7, 11) is -3.10. The Morgan fingerprint density at radius 3 is 2.60 bits per heavy atom. The van der Waals surface area contributed by atoms with Crippen molar-refractivity contribution in [3.05, 3.63) is 0 Å². The Bertz CT molecular complexity index is 462. The third-order valence-corrected chi connectivity index (χ3v) is 5.26. The lowest BCUT2D eigenvalue weighted by atomic mass is 9.99. The second kappa shape index (κ2) is 7.03. The van der Waals surface area contributed by atoms with Crippen LogP contribution < -0.4 is 10.6 Å². The fourth-order valence-corrected chi connectivity index (χ4v) is 3.58. The minimum Gasteiger partial charge on any atom is -0.480 e. The van der Waals surface area contributed by atoms with Gasteiger partial charge >= 0.3 is 5.97 Å². The number of nitrogens with one attached hydrogen (secondary N) is 2. The van der Waals surface area contributed by atoms with E-state index in [1.807, 2.05) is 6.92 Å². The van der Waals surface area contributed by atoms with E-state index in [0.29, 0.717) is 13.0 Å². The van der Waals surface area contributed by atoms with E-state index in [9.17, 15) is 18.0 Å². The highest BCUT2D eigenvalue weighted by Crippen LogP contribution is 2.10. The molecule has 7 nitrogen and oxygen atoms in total. The number of hydrogen-bond acceptors (Lipinski definition) is 5. The molecule has 0 aromatic rings. The van der Waals surface area contributed by atoms with Gasteiger partial charge in [0.25, 0.3) is 0 Å². The number of carboxylic acid groups (broad SMARTS) is 1. The van der Waals surface area contributed by atoms with Gasteiger partial charge in [0.15, 0.2) is 9.84 Å². The zero-order valence-corrected chi connectivity index (χ0v) is 12.6. The van der Waals surface area contributed by atoms with Crippen molar-refractivity contribution in [2.75, 3.05) is 18.1 Å². The lowest BCUT2D eigenvalue weighted by molar-refractivity contribution is -0.143. The molecule has 0 spiro atoms. The van der Waals surface area contributed by atoms with Gasteiger partial charge in [-0.1, -0.05) is 20.3 Å². The predicted octanol–water partition coefficient (Wildman–Crippen LogP) is -0.621. The van der Waals surface area contributed by atoms with Crippen molar-refractivity contribution in [3.8, 4) is 0 Å². The molecule has 0 aliphatic carbocycles. The lowest BCUT2D eigenvalue weighted by Gasteiger charge is -2.25. The molecule has 1 saturated heterocycles. The third-order valence-electron chi connectivity index (χ3n) is 3.53. The summed E-state index contributed by atoms with van der Waals surface area (Å²) in [5.74, 6) is -1.69. The molecule has 3 unspecified atom stereocenters. The number of carbonyl (C=O) groups is 2. The van der Waals surface area contributed by atoms with Gasteiger partial charge in [-0.15, -0.1) is 0 Å². The molecule has 1 aliphatic rings. The Labute approximate surface area is 119 Å². The average Bonchev–Trinajstić information content (AvgIpc) is 2.33. The van der Waals surface area contributed by atoms with E-state index in [1.165, 1.54) is 0 Å². The van der Waals surface area contributed by atoms with Crippen LogP contribution in [-0.2, 0) is 19.4 Å². The van der Waals surface area contributed by atoms with Crippen molar-refractivity contribution < 1.29 is 23.1 Å². The molecule has 1 fully saturated rings. The summed E-state index contributed by atoms with van der Waals surface area (Å²) in [6.07, 6.45) is 0.604. The predicted molar refractivity (Wildman–Crippen MR) is 74.1 cm³/mol. The summed E-state index contributed by atoms with van der Waals surface area (Å²) in [6.45, 7) is 3.93. The van der Waals surface area contributed by atoms with Gasteiger partial charge in [0.05, 0.1) is 11.5 Å². The SMILES string of the molecule is CCC(C)C(NC(=O)CC1CS(=O)(=O)CCN1)C(=O)O. The van der Waals surface area contributed by atoms with Gasteiger partial charge in [-0.2, -0.15) is 0 Å². The first-order valence-electron chi connectivity index (χ1n) is 6.71. The zero-order chi connectivity index (χ0) is 15.3. The summed E-state index contributed by atoms with van der Waals surface area (Å²) in [5.41, 5.74) is 0. The van der Waals surface area contributed by atoms with E-state index >= 15 is 0 Å². The number of rotatable bonds is 6. The highest BCUT2D eigenvalue weighted by Gasteiger charge is 2.29. The van der Waals surface area contributed by atoms with Gasteiger partial charge in [0, 0.05) is 19.0 Å². The molecule has 1 rings (SSSR count). The van der Waals surface area contributed by atoms with Crippen LogP contribution in [0.1, 0.15) is 26.7 Å². The van der Waals surface area contributed by atoms with Gasteiger partial charge in [0.2, 0.25) is 5.91 Å². The third kappa shape index (κ3) is 5.09. The van der Waals surface area contributed by atoms with E-state index in [-0.39, 0.29) is 23.8 Å². The number of carbonyl (C=O) groups excluding carboxylic acids is 1. The zero-order valence-electron chi connectivity index (χ0n) is 11.8. The second-order valence-corrected chi connectivity index (χ2v) is 7.47. The molecule has 0 aromatic carbocycles. The molecule has 3 N–H and O–H groups in total. The summed E-state index contributed by atoms with van der Waals surface area (Å²) in [5, 5.41) is 14.5. The molecular weight excluding hydrogens is 284 g/mol. The minimum atomic E-state index is -3.10. The highest BCUT2D eigenvalue weighted by molar-refractivity contribution is 7.91. The summed E-state index contributed by atoms with van der Waals surface area (Å²) >= 11 is 0. The quantitative estimate of drug-likeness (QED) is 0.603. The van der Waals surface area contributed by atoms with Crippen molar-refractivity contribution in [1.82, 2.24) is 10.6 Å². The monoisotopic (exact) mass is 306 g/mol. The normalized spacial score (nSPS) is 24.6. The van der Waals surface area contributed by atoms with Crippen LogP contribution in [0.2, 0.25) is 0 Å². The fourth-order valence-electron chi connectivity index (χ4n) is 2.14. The van der Waals surface area contributed by atoms with Gasteiger partial charge in [0.1, 0.15) is 6.04 Å². The molecule has 1 aliphatic heterocycles. The Morgan fingerprint density at radius 2 is 2.10 bits per heavy atom. The summed E-state index contributed by atoms with van der Waals surface area (Å²) < 4.78 is 22.9. The van der Waals surface area contributed by atoms with E-state index in [0.717, 1.165) is 0 Å². The van der Waals surface area contributed by atoms with Crippen LogP contribution in [0, 0.1) is 5.92 Å². The van der Waals surface area contributed by atoms with E-state index in [1.54, 1.807) is 6.92 Å². The Kier molecular flexibility index (Phi) is 5.94. The maximum atomic E-state index is 11.8. The Morgan fingerprint density at radius 1 is 1.45 bits per heavy atom. The summed E-state index contributed by atoms with van der Waals surface area (Å²) in [6, 6.07) is -1.38. The molecule has 20 heavy (non-hydrogen) atoms. The first-order chi connectivity index (χ1) is 9.25. The second-order valence-electron chi connectivity index (χ2n) is 5.24. The first kappa shape index (κ1) is 16.9. The fraction of sp³-hybridized carbons (Fsp3) is 0.833. The van der Waals surface area contributed by atoms with Crippen molar-refractivity contribution >= 4 is 21.7 Å². The molecule has 0 radical (unpaired) electrons. The molecular formula is C12H22N2O5S. The van der Waals surface area contributed by atoms with Crippen molar-refractivity contribution in [1.29, 1.82) is 0 Å². The topological polar surface area (TPSA) is 113 Å². The molecule has 0 bridgehead atoms. The maximum Gasteiger partial charge on any atom is 0.326 e. The van der Waals surface area contributed by atoms with Crippen molar-refractivity contribution in [3.63, 3.8) is 0 Å². The largest absolute Gasteiger partial charge is 0.480 e. The van der Waals surface area contributed by atoms with Gasteiger partial charge in [-0.3, -0.25) is 4.79 Å². The Balaban J connectivity index is 2.56. The maximum absolute atomic E-state index is 11.8. The number of amides is 1. The first-order valence-corrected chi connectivity index (χ1v) is 8.53. The van der Waals surface area contributed by atoms with E-state index in [2.05, 4.69) is 10.6 Å². The van der Waals surface area contributed by atoms with Crippen LogP contribution in [0.15, 0.2) is 0 Å². The van der Waals surface area contributed by atoms with Crippen molar-refractivity contribution in [2.45, 2.75) is 38.8 Å². The molecule has 3 atom stereocenters. The average molecular weight is 306 g/mol. The van der Waals surface area contributed by atoms with E-state index in [4.69, 9.17) is 5.11 Å². The molecule has 0 saturated carbocycles. The minimum absolute atomic E-state index is 0.0283. The van der Waals surface area contributed by atoms with Crippen LogP contribution >= 0.6 is 0 Å². The van der Waals surface area contributed by atoms with Gasteiger partial charge in [-0.05, 0) is 5.92 Å². The standard InChI is InChI=1S/C12H22N2O5S/c1-3-8(2)11(12(16)17)14-10(15)6-9-7-20(18,19)5-4-13-9/h8-9,11,13H,3-7H2,1-2H3,(H,14,15)(H,16,17). The van der Waals surface area contributed by atoms with Crippen LogP contribution in [0.5, 0.6) is 0 Å². The van der Waals surface area contributed by atoms with E-state index < -0.39 is 33.8 Å². The number of carboxylic acids is 1. The Hall–Kier alpha value is -1.15. The molecule has 8 heteroatoms. The molecule has 1 amide bonds. The summed E-state index contributed by atoms with van der Waals surface area (Å²) in [4.78, 5) is 23.0. The molecule has 0 aromatic heterocycles. The van der Waals surface area contributed by atoms with Crippen LogP contribution in [0.4, 0.5) is 0 Å². The highest BCUT2D eigenvalue weighted by atomic mass is 32.2. The van der Waals surface area contributed by atoms with Crippen molar-refractivity contribution in [2.24, 2.45) is 5.92 Å². The van der Waals surface area contributed by atoms with Crippen LogP contribution in [0.25, 0.3) is 0 Å². The smallest absolute Gasteiger partial charge is 0.326 e. The molecule has 116 valence electrons. The number of hydrogen-bond donors (Lipinski definition) is 3.